The predicted octanol–water partition coefficient (Wildman–Crippen LogP) is -0.712. The Balaban J connectivity index is 3.00. The molecule has 0 heterocycles. The summed E-state index contributed by atoms with van der Waals surface area (Å²) in [6, 6.07) is 3.04. The third-order valence-electron chi connectivity index (χ3n) is 7.98. The molecule has 0 saturated carbocycles. The molecule has 1 aromatic carbocycles. The first-order valence-corrected chi connectivity index (χ1v) is 17.1. The summed E-state index contributed by atoms with van der Waals surface area (Å²) in [6.45, 7) is 13.0. The normalized spacial score (nSPS) is 14.8. The fourth-order valence-corrected chi connectivity index (χ4v) is 4.72. The topological polar surface area (TPSA) is 261 Å². The molecular formula is C35H56N8O8. The third kappa shape index (κ3) is 16.0. The van der Waals surface area contributed by atoms with Gasteiger partial charge in [0.05, 0.1) is 13.0 Å². The molecule has 1 rings (SSSR count). The summed E-state index contributed by atoms with van der Waals surface area (Å²) in [4.78, 5) is 102. The summed E-state index contributed by atoms with van der Waals surface area (Å²) < 4.78 is 0. The number of hydrogen-bond donors (Lipinski definition) is 8. The van der Waals surface area contributed by atoms with E-state index in [1.54, 1.807) is 58.0 Å². The number of nitrogens with two attached hydrogens (primary N) is 2. The second-order valence-electron chi connectivity index (χ2n) is 14.2. The zero-order valence-corrected chi connectivity index (χ0v) is 30.9. The van der Waals surface area contributed by atoms with Gasteiger partial charge >= 0.3 is 0 Å². The van der Waals surface area contributed by atoms with Gasteiger partial charge in [-0.3, -0.25) is 38.4 Å². The number of amides is 8. The van der Waals surface area contributed by atoms with E-state index in [1.165, 1.54) is 6.92 Å². The van der Waals surface area contributed by atoms with Crippen molar-refractivity contribution in [3.63, 3.8) is 0 Å². The van der Waals surface area contributed by atoms with Gasteiger partial charge in [-0.2, -0.15) is 0 Å². The zero-order chi connectivity index (χ0) is 39.1. The fourth-order valence-electron chi connectivity index (χ4n) is 4.72. The van der Waals surface area contributed by atoms with Crippen molar-refractivity contribution >= 4 is 47.3 Å². The summed E-state index contributed by atoms with van der Waals surface area (Å²) >= 11 is 0. The van der Waals surface area contributed by atoms with Crippen LogP contribution in [0, 0.1) is 17.3 Å². The van der Waals surface area contributed by atoms with Crippen LogP contribution in [0.3, 0.4) is 0 Å². The van der Waals surface area contributed by atoms with E-state index in [-0.39, 0.29) is 18.3 Å². The summed E-state index contributed by atoms with van der Waals surface area (Å²) in [6.07, 6.45) is 0.322. The molecule has 284 valence electrons. The van der Waals surface area contributed by atoms with E-state index in [0.717, 1.165) is 0 Å². The van der Waals surface area contributed by atoms with E-state index in [4.69, 9.17) is 11.5 Å². The highest BCUT2D eigenvalue weighted by molar-refractivity contribution is 5.97. The highest BCUT2D eigenvalue weighted by atomic mass is 16.2. The second kappa shape index (κ2) is 20.6. The number of primary amides is 2. The van der Waals surface area contributed by atoms with Crippen LogP contribution in [0.2, 0.25) is 0 Å². The Kier molecular flexibility index (Phi) is 17.8. The maximum Gasteiger partial charge on any atom is 0.243 e. The molecule has 0 fully saturated rings. The minimum absolute atomic E-state index is 0.00218. The van der Waals surface area contributed by atoms with Crippen LogP contribution < -0.4 is 43.4 Å². The fraction of sp³-hybridized carbons (Fsp3) is 0.600. The molecule has 6 atom stereocenters. The van der Waals surface area contributed by atoms with Crippen LogP contribution >= 0.6 is 0 Å². The van der Waals surface area contributed by atoms with Gasteiger partial charge in [-0.1, -0.05) is 85.2 Å². The average molecular weight is 717 g/mol. The zero-order valence-electron chi connectivity index (χ0n) is 30.9. The summed E-state index contributed by atoms with van der Waals surface area (Å²) in [5.41, 5.74) is 10.6. The minimum Gasteiger partial charge on any atom is -0.370 e. The second-order valence-corrected chi connectivity index (χ2v) is 14.2. The molecule has 0 aliphatic rings. The Labute approximate surface area is 299 Å². The molecule has 0 aliphatic carbocycles. The van der Waals surface area contributed by atoms with Crippen LogP contribution in [-0.2, 0) is 44.8 Å². The summed E-state index contributed by atoms with van der Waals surface area (Å²) in [5.74, 6) is -5.91. The first-order valence-electron chi connectivity index (χ1n) is 17.1. The van der Waals surface area contributed by atoms with E-state index >= 15 is 0 Å². The number of benzene rings is 1. The molecule has 51 heavy (non-hydrogen) atoms. The van der Waals surface area contributed by atoms with Crippen molar-refractivity contribution < 1.29 is 38.4 Å². The lowest BCUT2D eigenvalue weighted by Crippen LogP contribution is -2.58. The lowest BCUT2D eigenvalue weighted by atomic mass is 9.95. The third-order valence-corrected chi connectivity index (χ3v) is 7.98. The summed E-state index contributed by atoms with van der Waals surface area (Å²) in [7, 11) is 0. The molecule has 0 bridgehead atoms. The van der Waals surface area contributed by atoms with Gasteiger partial charge in [0, 0.05) is 11.8 Å². The van der Waals surface area contributed by atoms with Crippen LogP contribution in [0.5, 0.6) is 0 Å². The minimum atomic E-state index is -1.36. The Morgan fingerprint density at radius 1 is 0.706 bits per heavy atom. The van der Waals surface area contributed by atoms with Crippen molar-refractivity contribution in [1.82, 2.24) is 31.9 Å². The van der Waals surface area contributed by atoms with Crippen LogP contribution in [0.15, 0.2) is 30.3 Å². The monoisotopic (exact) mass is 716 g/mol. The molecular weight excluding hydrogens is 660 g/mol. The van der Waals surface area contributed by atoms with Crippen molar-refractivity contribution in [2.75, 3.05) is 6.54 Å². The number of carbonyl (C=O) groups excluding carboxylic acids is 8. The average Bonchev–Trinajstić information content (AvgIpc) is 3.03. The molecule has 0 aromatic heterocycles. The highest BCUT2D eigenvalue weighted by Crippen LogP contribution is 2.14. The van der Waals surface area contributed by atoms with Crippen molar-refractivity contribution in [1.29, 1.82) is 0 Å². The first kappa shape index (κ1) is 44.0. The van der Waals surface area contributed by atoms with Crippen molar-refractivity contribution in [2.45, 2.75) is 111 Å². The molecule has 8 amide bonds. The highest BCUT2D eigenvalue weighted by Gasteiger charge is 2.33. The lowest BCUT2D eigenvalue weighted by molar-refractivity contribution is -0.136. The quantitative estimate of drug-likeness (QED) is 0.0853. The molecule has 0 saturated heterocycles. The van der Waals surface area contributed by atoms with E-state index in [9.17, 15) is 38.4 Å². The van der Waals surface area contributed by atoms with Crippen LogP contribution in [0.4, 0.5) is 0 Å². The van der Waals surface area contributed by atoms with Crippen LogP contribution in [0.25, 0.3) is 0 Å². The lowest BCUT2D eigenvalue weighted by Gasteiger charge is -2.27. The van der Waals surface area contributed by atoms with Gasteiger partial charge < -0.3 is 43.4 Å². The standard InChI is InChI=1S/C35H56N8O8/c1-9-20(4)28(33(50)40-23(29(37)46)15-19(2)3)43-30(47)21(5)39-27(45)18-38-31(48)24(16-22-13-11-10-12-14-22)41-32(49)25(17-26(36)44)42-34(51)35(6,7)8/h10-14,19-21,23-25,28H,9,15-18H2,1-8H3,(H2,36,44)(H2,37,46)(H,38,48)(H,39,45)(H,40,50)(H,41,49)(H,42,51)(H,43,47)/t20-,21-,23-,24-,25-,28-/m0/s1. The number of carbonyl (C=O) groups is 8. The Morgan fingerprint density at radius 3 is 1.80 bits per heavy atom. The van der Waals surface area contributed by atoms with Gasteiger partial charge in [0.1, 0.15) is 30.2 Å². The largest absolute Gasteiger partial charge is 0.370 e. The Bertz CT molecular complexity index is 1400. The molecule has 1 aromatic rings. The Hall–Kier alpha value is -5.02. The smallest absolute Gasteiger partial charge is 0.243 e. The van der Waals surface area contributed by atoms with Crippen molar-refractivity contribution in [3.05, 3.63) is 35.9 Å². The SMILES string of the molecule is CC[C@H](C)[C@H](NC(=O)[C@H](C)NC(=O)CNC(=O)[C@H](Cc1ccccc1)NC(=O)[C@H](CC(N)=O)NC(=O)C(C)(C)C)C(=O)N[C@@H](CC(C)C)C(N)=O. The number of nitrogens with one attached hydrogen (secondary N) is 6. The molecule has 10 N–H and O–H groups in total. The molecule has 0 unspecified atom stereocenters. The molecule has 0 radical (unpaired) electrons. The van der Waals surface area contributed by atoms with Crippen LogP contribution in [-0.4, -0.2) is 84.0 Å². The van der Waals surface area contributed by atoms with Crippen molar-refractivity contribution in [2.24, 2.45) is 28.7 Å². The van der Waals surface area contributed by atoms with Gasteiger partial charge in [0.25, 0.3) is 0 Å². The predicted molar refractivity (Wildman–Crippen MR) is 190 cm³/mol. The molecule has 0 spiro atoms. The van der Waals surface area contributed by atoms with E-state index < -0.39 is 95.8 Å². The van der Waals surface area contributed by atoms with Gasteiger partial charge in [-0.25, -0.2) is 0 Å². The van der Waals surface area contributed by atoms with Gasteiger partial charge in [-0.15, -0.1) is 0 Å². The number of rotatable bonds is 20. The van der Waals surface area contributed by atoms with Gasteiger partial charge in [0.2, 0.25) is 47.3 Å². The van der Waals surface area contributed by atoms with E-state index in [1.807, 2.05) is 20.8 Å². The first-order chi connectivity index (χ1) is 23.7. The number of hydrogen-bond acceptors (Lipinski definition) is 8. The molecule has 0 aliphatic heterocycles. The Morgan fingerprint density at radius 2 is 1.29 bits per heavy atom. The maximum absolute atomic E-state index is 13.3. The van der Waals surface area contributed by atoms with E-state index in [0.29, 0.717) is 18.4 Å². The van der Waals surface area contributed by atoms with Gasteiger partial charge in [0.15, 0.2) is 0 Å². The molecule has 16 nitrogen and oxygen atoms in total. The van der Waals surface area contributed by atoms with E-state index in [2.05, 4.69) is 31.9 Å². The van der Waals surface area contributed by atoms with Crippen molar-refractivity contribution in [3.8, 4) is 0 Å². The maximum atomic E-state index is 13.3. The van der Waals surface area contributed by atoms with Gasteiger partial charge in [-0.05, 0) is 30.7 Å². The molecule has 16 heteroatoms. The summed E-state index contributed by atoms with van der Waals surface area (Å²) in [5, 5.41) is 15.2. The van der Waals surface area contributed by atoms with Crippen LogP contribution in [0.1, 0.15) is 80.2 Å².